The Bertz CT molecular complexity index is 2550. The van der Waals surface area contributed by atoms with Crippen molar-refractivity contribution >= 4 is 45.9 Å². The van der Waals surface area contributed by atoms with Crippen LogP contribution in [0.25, 0.3) is 34.4 Å². The van der Waals surface area contributed by atoms with E-state index in [1.165, 1.54) is 105 Å². The van der Waals surface area contributed by atoms with Crippen LogP contribution in [0, 0.1) is 20.3 Å². The molecular formula is C48H47N4+. The summed E-state index contributed by atoms with van der Waals surface area (Å²) < 4.78 is 0. The maximum absolute atomic E-state index is 5.51. The molecule has 0 fully saturated rings. The van der Waals surface area contributed by atoms with Crippen molar-refractivity contribution < 1.29 is 0 Å². The SMILES string of the molecule is CCC1=C(C)C2=C3[CH+]C(=c4[nH]c(c(CC)c4C)=CC4=NC(=C5CC(=c6[nH]c(c(CC)c6C)=CC1=N2)c1ccccc15)C(C)=C4CC)c1ccccc13. The van der Waals surface area contributed by atoms with Crippen molar-refractivity contribution in [3.05, 3.63) is 155 Å². The normalized spacial score (nSPS) is 17.4. The smallest absolute Gasteiger partial charge is 0.139 e. The van der Waals surface area contributed by atoms with Crippen molar-refractivity contribution in [2.75, 3.05) is 0 Å². The molecule has 0 saturated carbocycles. The maximum atomic E-state index is 5.51. The Morgan fingerprint density at radius 2 is 1.04 bits per heavy atom. The molecule has 2 aliphatic carbocycles. The first kappa shape index (κ1) is 32.6. The molecule has 5 aliphatic rings. The number of nitrogens with one attached hydrogen (secondary N) is 2. The highest BCUT2D eigenvalue weighted by Gasteiger charge is 2.37. The number of aromatic amines is 2. The Hall–Kier alpha value is -5.35. The van der Waals surface area contributed by atoms with Gasteiger partial charge >= 0.3 is 0 Å². The van der Waals surface area contributed by atoms with Crippen LogP contribution in [0.5, 0.6) is 0 Å². The highest BCUT2D eigenvalue weighted by molar-refractivity contribution is 6.25. The van der Waals surface area contributed by atoms with Gasteiger partial charge in [0, 0.05) is 34.7 Å². The van der Waals surface area contributed by atoms with Gasteiger partial charge in [0.1, 0.15) is 22.2 Å². The number of fused-ring (bicyclic) bond motifs is 16. The van der Waals surface area contributed by atoms with Gasteiger partial charge in [0.25, 0.3) is 0 Å². The number of aliphatic imine (C=N–C) groups is 2. The second-order valence-electron chi connectivity index (χ2n) is 14.8. The highest BCUT2D eigenvalue weighted by atomic mass is 14.8. The summed E-state index contributed by atoms with van der Waals surface area (Å²) in [5.41, 5.74) is 25.2. The van der Waals surface area contributed by atoms with E-state index in [0.717, 1.165) is 60.3 Å². The monoisotopic (exact) mass is 679 g/mol. The van der Waals surface area contributed by atoms with Crippen LogP contribution in [0.3, 0.4) is 0 Å². The standard InChI is InChI=1S/C48H47N4/c1-9-29-25(5)45-37-21-38(34-18-14-13-17-33(34)37)47-27(7)31(11-3)43(51-47)24-44-32(12-4)28(8)48(52-44)40-22-39(35-19-15-16-20-36(35)40)46-26(6)30(10-2)42(50-46)23-41(29)49-45/h13-21,23-24,49,52H,9-12,22H2,1-8H3/q+1. The minimum absolute atomic E-state index is 0.846. The number of allylic oxidation sites excluding steroid dienone is 6. The zero-order chi connectivity index (χ0) is 36.0. The molecule has 0 unspecified atom stereocenters. The molecule has 0 amide bonds. The number of rotatable bonds is 4. The predicted molar refractivity (Wildman–Crippen MR) is 219 cm³/mol. The minimum Gasteiger partial charge on any atom is -0.355 e. The van der Waals surface area contributed by atoms with Gasteiger partial charge in [0.2, 0.25) is 0 Å². The minimum atomic E-state index is 0.846. The third-order valence-electron chi connectivity index (χ3n) is 12.3. The molecule has 52 heavy (non-hydrogen) atoms. The zero-order valence-corrected chi connectivity index (χ0v) is 31.8. The molecular weight excluding hydrogens is 633 g/mol. The molecule has 3 aliphatic heterocycles. The first-order valence-corrected chi connectivity index (χ1v) is 19.2. The van der Waals surface area contributed by atoms with E-state index in [0.29, 0.717) is 0 Å². The lowest BCUT2D eigenvalue weighted by molar-refractivity contribution is 1.10. The van der Waals surface area contributed by atoms with Gasteiger partial charge in [-0.15, -0.1) is 0 Å². The summed E-state index contributed by atoms with van der Waals surface area (Å²) in [6, 6.07) is 17.8. The fourth-order valence-electron chi connectivity index (χ4n) is 9.68. The summed E-state index contributed by atoms with van der Waals surface area (Å²) in [4.78, 5) is 18.9. The van der Waals surface area contributed by atoms with Gasteiger partial charge in [0.05, 0.1) is 33.6 Å². The molecule has 2 aromatic heterocycles. The number of hydrogen-bond donors (Lipinski definition) is 2. The number of aromatic nitrogens is 2. The predicted octanol–water partition coefficient (Wildman–Crippen LogP) is 8.16. The Morgan fingerprint density at radius 1 is 0.558 bits per heavy atom. The molecule has 4 nitrogen and oxygen atoms in total. The van der Waals surface area contributed by atoms with Crippen molar-refractivity contribution in [3.8, 4) is 0 Å². The number of benzene rings is 2. The second kappa shape index (κ2) is 12.1. The quantitative estimate of drug-likeness (QED) is 0.205. The van der Waals surface area contributed by atoms with Crippen LogP contribution in [0.1, 0.15) is 105 Å². The highest BCUT2D eigenvalue weighted by Crippen LogP contribution is 2.46. The lowest BCUT2D eigenvalue weighted by atomic mass is 9.98. The number of hydrogen-bond acceptors (Lipinski definition) is 2. The Balaban J connectivity index is 1.45. The van der Waals surface area contributed by atoms with Crippen molar-refractivity contribution in [1.29, 1.82) is 0 Å². The van der Waals surface area contributed by atoms with E-state index in [1.807, 2.05) is 0 Å². The van der Waals surface area contributed by atoms with Crippen LogP contribution in [0.2, 0.25) is 0 Å². The van der Waals surface area contributed by atoms with Gasteiger partial charge in [-0.3, -0.25) is 0 Å². The first-order chi connectivity index (χ1) is 25.3. The van der Waals surface area contributed by atoms with Gasteiger partial charge in [-0.1, -0.05) is 64.1 Å². The van der Waals surface area contributed by atoms with Crippen LogP contribution in [-0.4, -0.2) is 21.4 Å². The maximum Gasteiger partial charge on any atom is 0.139 e. The lowest BCUT2D eigenvalue weighted by Crippen LogP contribution is -2.16. The molecule has 4 aromatic rings. The molecule has 0 radical (unpaired) electrons. The summed E-state index contributed by atoms with van der Waals surface area (Å²) >= 11 is 0. The van der Waals surface area contributed by atoms with Crippen molar-refractivity contribution in [3.63, 3.8) is 0 Å². The van der Waals surface area contributed by atoms with Crippen molar-refractivity contribution in [1.82, 2.24) is 9.97 Å². The molecule has 12 bridgehead atoms. The first-order valence-electron chi connectivity index (χ1n) is 19.2. The Morgan fingerprint density at radius 3 is 1.62 bits per heavy atom. The summed E-state index contributed by atoms with van der Waals surface area (Å²) in [5.74, 6) is 0. The Kier molecular flexibility index (Phi) is 7.59. The van der Waals surface area contributed by atoms with E-state index in [9.17, 15) is 0 Å². The van der Waals surface area contributed by atoms with Crippen LogP contribution in [-0.2, 0) is 12.8 Å². The van der Waals surface area contributed by atoms with Crippen molar-refractivity contribution in [2.45, 2.75) is 87.5 Å². The fraction of sp³-hybridized carbons (Fsp3) is 0.271. The van der Waals surface area contributed by atoms with E-state index < -0.39 is 0 Å². The van der Waals surface area contributed by atoms with E-state index in [1.54, 1.807) is 0 Å². The molecule has 258 valence electrons. The van der Waals surface area contributed by atoms with Gasteiger partial charge in [-0.2, -0.15) is 0 Å². The topological polar surface area (TPSA) is 56.3 Å². The zero-order valence-electron chi connectivity index (χ0n) is 31.8. The Labute approximate surface area is 306 Å². The molecule has 0 atom stereocenters. The molecule has 2 aromatic carbocycles. The summed E-state index contributed by atoms with van der Waals surface area (Å²) in [6.07, 6.45) is 11.6. The van der Waals surface area contributed by atoms with Crippen LogP contribution < -0.4 is 21.4 Å². The average molecular weight is 680 g/mol. The molecule has 2 N–H and O–H groups in total. The summed E-state index contributed by atoms with van der Waals surface area (Å²) in [6.45, 7) is 18.2. The lowest BCUT2D eigenvalue weighted by Gasteiger charge is -2.05. The average Bonchev–Trinajstić information content (AvgIpc) is 3.98. The molecule has 4 heteroatoms. The van der Waals surface area contributed by atoms with E-state index in [-0.39, 0.29) is 0 Å². The van der Waals surface area contributed by atoms with Crippen LogP contribution >= 0.6 is 0 Å². The van der Waals surface area contributed by atoms with Gasteiger partial charge < -0.3 is 9.97 Å². The number of H-pyrrole nitrogens is 2. The van der Waals surface area contributed by atoms with Gasteiger partial charge in [0.15, 0.2) is 0 Å². The molecule has 0 spiro atoms. The molecule has 0 saturated heterocycles. The van der Waals surface area contributed by atoms with Crippen LogP contribution in [0.15, 0.2) is 92.2 Å². The number of nitrogens with zero attached hydrogens (tertiary/aromatic N) is 2. The van der Waals surface area contributed by atoms with E-state index >= 15 is 0 Å². The second-order valence-corrected chi connectivity index (χ2v) is 14.8. The van der Waals surface area contributed by atoms with E-state index in [2.05, 4.69) is 132 Å². The van der Waals surface area contributed by atoms with Gasteiger partial charge in [-0.05, 0) is 133 Å². The molecule has 5 heterocycles. The van der Waals surface area contributed by atoms with Crippen molar-refractivity contribution in [2.24, 2.45) is 9.98 Å². The van der Waals surface area contributed by atoms with E-state index in [4.69, 9.17) is 9.98 Å². The third-order valence-corrected chi connectivity index (χ3v) is 12.3. The van der Waals surface area contributed by atoms with Crippen LogP contribution in [0.4, 0.5) is 0 Å². The van der Waals surface area contributed by atoms with Gasteiger partial charge in [-0.25, -0.2) is 9.98 Å². The third kappa shape index (κ3) is 4.56. The molecule has 9 rings (SSSR count). The largest absolute Gasteiger partial charge is 0.355 e. The summed E-state index contributed by atoms with van der Waals surface area (Å²) in [5, 5.41) is 4.76. The summed E-state index contributed by atoms with van der Waals surface area (Å²) in [7, 11) is 0. The fourth-order valence-corrected chi connectivity index (χ4v) is 9.68.